The number of phenolic OH excluding ortho intramolecular Hbond substituents is 1. The molecule has 2 aromatic heterocycles. The van der Waals surface area contributed by atoms with Crippen LogP contribution in [0.15, 0.2) is 47.2 Å². The van der Waals surface area contributed by atoms with E-state index in [-0.39, 0.29) is 0 Å². The van der Waals surface area contributed by atoms with Gasteiger partial charge in [0.15, 0.2) is 0 Å². The summed E-state index contributed by atoms with van der Waals surface area (Å²) in [5.41, 5.74) is 1.15. The van der Waals surface area contributed by atoms with Crippen LogP contribution in [0.5, 0.6) is 5.75 Å². The van der Waals surface area contributed by atoms with Crippen molar-refractivity contribution in [2.75, 3.05) is 0 Å². The summed E-state index contributed by atoms with van der Waals surface area (Å²) in [5.74, 6) is -0.830. The largest absolute Gasteiger partial charge is 0.507 e. The van der Waals surface area contributed by atoms with Crippen molar-refractivity contribution in [3.8, 4) is 28.3 Å². The Morgan fingerprint density at radius 1 is 1.04 bits per heavy atom. The third kappa shape index (κ3) is 3.21. The first-order chi connectivity index (χ1) is 10.8. The summed E-state index contributed by atoms with van der Waals surface area (Å²) in [6, 6.07) is 6.64. The number of aromatic hydroxyl groups is 1. The van der Waals surface area contributed by atoms with E-state index in [1.807, 2.05) is 6.07 Å². The second-order valence-electron chi connectivity index (χ2n) is 4.79. The molecule has 2 heterocycles. The predicted octanol–water partition coefficient (Wildman–Crippen LogP) is 4.63. The second kappa shape index (κ2) is 5.69. The highest BCUT2D eigenvalue weighted by atomic mass is 79.9. The SMILES string of the molecule is Oc1cc(-c2cc(-c3cncc(Br)c3)[nH]n2)ccc1C(F)(F)F. The van der Waals surface area contributed by atoms with Crippen molar-refractivity contribution in [2.45, 2.75) is 6.18 Å². The van der Waals surface area contributed by atoms with Gasteiger partial charge in [-0.2, -0.15) is 18.3 Å². The van der Waals surface area contributed by atoms with Gasteiger partial charge in [0.2, 0.25) is 0 Å². The fourth-order valence-corrected chi connectivity index (χ4v) is 2.47. The van der Waals surface area contributed by atoms with Crippen molar-refractivity contribution in [3.63, 3.8) is 0 Å². The number of halogens is 4. The first kappa shape index (κ1) is 15.5. The van der Waals surface area contributed by atoms with Gasteiger partial charge in [-0.05, 0) is 40.2 Å². The van der Waals surface area contributed by atoms with Crippen molar-refractivity contribution < 1.29 is 18.3 Å². The van der Waals surface area contributed by atoms with E-state index in [2.05, 4.69) is 31.1 Å². The van der Waals surface area contributed by atoms with Crippen molar-refractivity contribution >= 4 is 15.9 Å². The number of H-pyrrole nitrogens is 1. The maximum Gasteiger partial charge on any atom is 0.419 e. The summed E-state index contributed by atoms with van der Waals surface area (Å²) >= 11 is 3.31. The first-order valence-electron chi connectivity index (χ1n) is 6.41. The molecule has 2 N–H and O–H groups in total. The quantitative estimate of drug-likeness (QED) is 0.678. The van der Waals surface area contributed by atoms with E-state index in [1.54, 1.807) is 18.5 Å². The Hall–Kier alpha value is -2.35. The van der Waals surface area contributed by atoms with Crippen LogP contribution in [0.25, 0.3) is 22.5 Å². The van der Waals surface area contributed by atoms with Crippen LogP contribution in [-0.2, 0) is 6.18 Å². The Labute approximate surface area is 137 Å². The number of hydrogen-bond donors (Lipinski definition) is 2. The lowest BCUT2D eigenvalue weighted by Crippen LogP contribution is -2.04. The Morgan fingerprint density at radius 2 is 1.83 bits per heavy atom. The molecular formula is C15H9BrF3N3O. The summed E-state index contributed by atoms with van der Waals surface area (Å²) in [4.78, 5) is 4.04. The van der Waals surface area contributed by atoms with E-state index in [0.717, 1.165) is 22.2 Å². The number of nitrogens with zero attached hydrogens (tertiary/aromatic N) is 2. The monoisotopic (exact) mass is 383 g/mol. The number of aromatic amines is 1. The summed E-state index contributed by atoms with van der Waals surface area (Å²) in [7, 11) is 0. The predicted molar refractivity (Wildman–Crippen MR) is 81.6 cm³/mol. The van der Waals surface area contributed by atoms with E-state index in [0.29, 0.717) is 17.0 Å². The number of nitrogens with one attached hydrogen (secondary N) is 1. The second-order valence-corrected chi connectivity index (χ2v) is 5.70. The molecule has 4 nitrogen and oxygen atoms in total. The van der Waals surface area contributed by atoms with Gasteiger partial charge in [-0.3, -0.25) is 10.1 Å². The van der Waals surface area contributed by atoms with Crippen LogP contribution >= 0.6 is 15.9 Å². The van der Waals surface area contributed by atoms with Crippen molar-refractivity contribution in [1.29, 1.82) is 0 Å². The smallest absolute Gasteiger partial charge is 0.419 e. The topological polar surface area (TPSA) is 61.8 Å². The molecule has 8 heteroatoms. The highest BCUT2D eigenvalue weighted by molar-refractivity contribution is 9.10. The van der Waals surface area contributed by atoms with Crippen LogP contribution < -0.4 is 0 Å². The van der Waals surface area contributed by atoms with Crippen LogP contribution in [0.1, 0.15) is 5.56 Å². The summed E-state index contributed by atoms with van der Waals surface area (Å²) in [5, 5.41) is 16.4. The average Bonchev–Trinajstić information content (AvgIpc) is 2.95. The molecule has 0 aliphatic rings. The van der Waals surface area contributed by atoms with Crippen molar-refractivity contribution in [1.82, 2.24) is 15.2 Å². The number of alkyl halides is 3. The fourth-order valence-electron chi connectivity index (χ4n) is 2.11. The van der Waals surface area contributed by atoms with Gasteiger partial charge >= 0.3 is 6.18 Å². The van der Waals surface area contributed by atoms with Gasteiger partial charge in [-0.1, -0.05) is 6.07 Å². The Bertz CT molecular complexity index is 861. The van der Waals surface area contributed by atoms with E-state index >= 15 is 0 Å². The van der Waals surface area contributed by atoms with Crippen molar-refractivity contribution in [3.05, 3.63) is 52.8 Å². The van der Waals surface area contributed by atoms with Crippen LogP contribution in [0.3, 0.4) is 0 Å². The number of rotatable bonds is 2. The zero-order valence-corrected chi connectivity index (χ0v) is 13.0. The zero-order chi connectivity index (χ0) is 16.6. The molecule has 0 unspecified atom stereocenters. The lowest BCUT2D eigenvalue weighted by Gasteiger charge is -2.09. The number of hydrogen-bond acceptors (Lipinski definition) is 3. The maximum absolute atomic E-state index is 12.7. The molecule has 0 aliphatic carbocycles. The van der Waals surface area contributed by atoms with Gasteiger partial charge in [0.05, 0.1) is 17.0 Å². The van der Waals surface area contributed by atoms with Crippen molar-refractivity contribution in [2.24, 2.45) is 0 Å². The molecule has 0 fully saturated rings. The molecule has 0 aliphatic heterocycles. The molecule has 0 bridgehead atoms. The summed E-state index contributed by atoms with van der Waals surface area (Å²) in [6.45, 7) is 0. The molecule has 118 valence electrons. The lowest BCUT2D eigenvalue weighted by atomic mass is 10.1. The number of aromatic nitrogens is 3. The van der Waals surface area contributed by atoms with Gasteiger partial charge in [-0.15, -0.1) is 0 Å². The van der Waals surface area contributed by atoms with Crippen LogP contribution in [-0.4, -0.2) is 20.3 Å². The van der Waals surface area contributed by atoms with Crippen LogP contribution in [0, 0.1) is 0 Å². The molecular weight excluding hydrogens is 375 g/mol. The highest BCUT2D eigenvalue weighted by Crippen LogP contribution is 2.37. The van der Waals surface area contributed by atoms with Gasteiger partial charge in [0, 0.05) is 28.0 Å². The minimum absolute atomic E-state index is 0.376. The molecule has 0 spiro atoms. The van der Waals surface area contributed by atoms with Gasteiger partial charge in [-0.25, -0.2) is 0 Å². The third-order valence-electron chi connectivity index (χ3n) is 3.19. The number of benzene rings is 1. The van der Waals surface area contributed by atoms with Crippen LogP contribution in [0.4, 0.5) is 13.2 Å². The molecule has 0 atom stereocenters. The molecule has 3 aromatic rings. The minimum Gasteiger partial charge on any atom is -0.507 e. The van der Waals surface area contributed by atoms with E-state index in [1.165, 1.54) is 6.07 Å². The molecule has 1 aromatic carbocycles. The molecule has 0 saturated carbocycles. The standard InChI is InChI=1S/C15H9BrF3N3O/c16-10-3-9(6-20-7-10)13-5-12(21-22-13)8-1-2-11(14(23)4-8)15(17,18)19/h1-7,23H,(H,21,22). The van der Waals surface area contributed by atoms with Gasteiger partial charge < -0.3 is 5.11 Å². The van der Waals surface area contributed by atoms with E-state index < -0.39 is 17.5 Å². The Kier molecular flexibility index (Phi) is 3.85. The normalized spacial score (nSPS) is 11.7. The Morgan fingerprint density at radius 3 is 2.48 bits per heavy atom. The van der Waals surface area contributed by atoms with Crippen LogP contribution in [0.2, 0.25) is 0 Å². The molecule has 3 rings (SSSR count). The summed E-state index contributed by atoms with van der Waals surface area (Å²) < 4.78 is 38.7. The fraction of sp³-hybridized carbons (Fsp3) is 0.0667. The molecule has 0 saturated heterocycles. The zero-order valence-electron chi connectivity index (χ0n) is 11.4. The Balaban J connectivity index is 1.96. The third-order valence-corrected chi connectivity index (χ3v) is 3.63. The van der Waals surface area contributed by atoms with E-state index in [4.69, 9.17) is 0 Å². The molecule has 0 amide bonds. The number of phenols is 1. The molecule has 0 radical (unpaired) electrons. The van der Waals surface area contributed by atoms with Gasteiger partial charge in [0.1, 0.15) is 5.75 Å². The molecule has 23 heavy (non-hydrogen) atoms. The lowest BCUT2D eigenvalue weighted by molar-refractivity contribution is -0.138. The van der Waals surface area contributed by atoms with Gasteiger partial charge in [0.25, 0.3) is 0 Å². The minimum atomic E-state index is -4.60. The maximum atomic E-state index is 12.7. The number of pyridine rings is 1. The highest BCUT2D eigenvalue weighted by Gasteiger charge is 2.33. The van der Waals surface area contributed by atoms with E-state index in [9.17, 15) is 18.3 Å². The first-order valence-corrected chi connectivity index (χ1v) is 7.21. The summed E-state index contributed by atoms with van der Waals surface area (Å²) in [6.07, 6.45) is -1.33. The average molecular weight is 384 g/mol.